The largest absolute Gasteiger partial charge is 0.339 e. The SMILES string of the molecule is CN(c1nccc(-n2cnc3ccccc32)n1)C1CCCN(C(=O)c2ccccc2)C1. The molecule has 1 aliphatic rings. The van der Waals surface area contributed by atoms with Crippen molar-refractivity contribution in [1.82, 2.24) is 24.4 Å². The molecule has 1 amide bonds. The van der Waals surface area contributed by atoms with Gasteiger partial charge in [-0.3, -0.25) is 9.36 Å². The number of piperidine rings is 1. The molecule has 0 bridgehead atoms. The van der Waals surface area contributed by atoms with Crippen LogP contribution in [0.25, 0.3) is 16.9 Å². The highest BCUT2D eigenvalue weighted by atomic mass is 16.2. The summed E-state index contributed by atoms with van der Waals surface area (Å²) >= 11 is 0. The molecule has 156 valence electrons. The molecule has 0 aliphatic carbocycles. The molecule has 2 aromatic heterocycles. The molecule has 1 fully saturated rings. The monoisotopic (exact) mass is 412 g/mol. The molecule has 5 rings (SSSR count). The lowest BCUT2D eigenvalue weighted by molar-refractivity contribution is 0.0707. The predicted octanol–water partition coefficient (Wildman–Crippen LogP) is 3.56. The zero-order valence-corrected chi connectivity index (χ0v) is 17.4. The number of nitrogens with zero attached hydrogens (tertiary/aromatic N) is 6. The maximum Gasteiger partial charge on any atom is 0.253 e. The number of amides is 1. The van der Waals surface area contributed by atoms with Crippen molar-refractivity contribution in [3.8, 4) is 5.82 Å². The number of hydrogen-bond acceptors (Lipinski definition) is 5. The summed E-state index contributed by atoms with van der Waals surface area (Å²) in [6, 6.07) is 19.5. The lowest BCUT2D eigenvalue weighted by Gasteiger charge is -2.37. The van der Waals surface area contributed by atoms with Crippen molar-refractivity contribution in [2.75, 3.05) is 25.0 Å². The molecular weight excluding hydrogens is 388 g/mol. The third kappa shape index (κ3) is 3.74. The first-order chi connectivity index (χ1) is 15.2. The van der Waals surface area contributed by atoms with Gasteiger partial charge in [0.2, 0.25) is 5.95 Å². The summed E-state index contributed by atoms with van der Waals surface area (Å²) in [5, 5.41) is 0. The van der Waals surface area contributed by atoms with Crippen molar-refractivity contribution in [2.24, 2.45) is 0 Å². The number of carbonyl (C=O) groups excluding carboxylic acids is 1. The Hall–Kier alpha value is -3.74. The van der Waals surface area contributed by atoms with Crippen LogP contribution in [0.4, 0.5) is 5.95 Å². The Balaban J connectivity index is 1.37. The quantitative estimate of drug-likeness (QED) is 0.513. The van der Waals surface area contributed by atoms with Crippen molar-refractivity contribution in [1.29, 1.82) is 0 Å². The van der Waals surface area contributed by atoms with Crippen LogP contribution < -0.4 is 4.90 Å². The fourth-order valence-corrected chi connectivity index (χ4v) is 4.17. The molecule has 31 heavy (non-hydrogen) atoms. The van der Waals surface area contributed by atoms with Crippen LogP contribution in [0.2, 0.25) is 0 Å². The van der Waals surface area contributed by atoms with Crippen molar-refractivity contribution in [2.45, 2.75) is 18.9 Å². The predicted molar refractivity (Wildman–Crippen MR) is 120 cm³/mol. The zero-order chi connectivity index (χ0) is 21.2. The van der Waals surface area contributed by atoms with Crippen molar-refractivity contribution < 1.29 is 4.79 Å². The maximum atomic E-state index is 12.9. The summed E-state index contributed by atoms with van der Waals surface area (Å²) in [7, 11) is 2.01. The molecule has 4 aromatic rings. The van der Waals surface area contributed by atoms with Crippen LogP contribution in [0.1, 0.15) is 23.2 Å². The smallest absolute Gasteiger partial charge is 0.253 e. The van der Waals surface area contributed by atoms with Gasteiger partial charge in [-0.15, -0.1) is 0 Å². The standard InChI is InChI=1S/C24H24N6O/c1-28(19-10-7-15-29(16-19)23(31)18-8-3-2-4-9-18)24-25-14-13-22(27-24)30-17-26-20-11-5-6-12-21(20)30/h2-6,8-9,11-14,17,19H,7,10,15-16H2,1H3. The van der Waals surface area contributed by atoms with E-state index in [1.54, 1.807) is 12.5 Å². The first-order valence-electron chi connectivity index (χ1n) is 10.5. The van der Waals surface area contributed by atoms with Crippen molar-refractivity contribution in [3.63, 3.8) is 0 Å². The van der Waals surface area contributed by atoms with Crippen LogP contribution in [0, 0.1) is 0 Å². The highest BCUT2D eigenvalue weighted by Gasteiger charge is 2.28. The second kappa shape index (κ2) is 8.18. The summed E-state index contributed by atoms with van der Waals surface area (Å²) in [6.07, 6.45) is 5.52. The molecule has 0 N–H and O–H groups in total. The van der Waals surface area contributed by atoms with Gasteiger partial charge in [0.05, 0.1) is 11.0 Å². The van der Waals surface area contributed by atoms with Gasteiger partial charge in [0.15, 0.2) is 0 Å². The van der Waals surface area contributed by atoms with Gasteiger partial charge < -0.3 is 9.80 Å². The first-order valence-corrected chi connectivity index (χ1v) is 10.5. The summed E-state index contributed by atoms with van der Waals surface area (Å²) in [6.45, 7) is 1.44. The molecule has 0 spiro atoms. The van der Waals surface area contributed by atoms with Crippen LogP contribution in [0.3, 0.4) is 0 Å². The summed E-state index contributed by atoms with van der Waals surface area (Å²) in [5.41, 5.74) is 2.67. The van der Waals surface area contributed by atoms with Gasteiger partial charge in [0, 0.05) is 37.9 Å². The van der Waals surface area contributed by atoms with E-state index in [0.717, 1.165) is 41.8 Å². The Labute approximate surface area is 181 Å². The Morgan fingerprint density at radius 3 is 2.71 bits per heavy atom. The van der Waals surface area contributed by atoms with E-state index >= 15 is 0 Å². The third-order valence-electron chi connectivity index (χ3n) is 5.90. The van der Waals surface area contributed by atoms with E-state index in [-0.39, 0.29) is 11.9 Å². The van der Waals surface area contributed by atoms with E-state index in [0.29, 0.717) is 12.5 Å². The minimum atomic E-state index is 0.0817. The summed E-state index contributed by atoms with van der Waals surface area (Å²) in [4.78, 5) is 30.7. The second-order valence-corrected chi connectivity index (χ2v) is 7.84. The summed E-state index contributed by atoms with van der Waals surface area (Å²) < 4.78 is 1.97. The van der Waals surface area contributed by atoms with E-state index in [9.17, 15) is 4.79 Å². The molecule has 3 heterocycles. The Morgan fingerprint density at radius 1 is 1.03 bits per heavy atom. The number of rotatable bonds is 4. The molecule has 2 aromatic carbocycles. The highest BCUT2D eigenvalue weighted by molar-refractivity contribution is 5.94. The van der Waals surface area contributed by atoms with Gasteiger partial charge >= 0.3 is 0 Å². The molecule has 0 radical (unpaired) electrons. The van der Waals surface area contributed by atoms with Gasteiger partial charge in [-0.25, -0.2) is 9.97 Å². The summed E-state index contributed by atoms with van der Waals surface area (Å²) in [5.74, 6) is 1.51. The number of anilines is 1. The number of imidazole rings is 1. The number of hydrogen-bond donors (Lipinski definition) is 0. The van der Waals surface area contributed by atoms with E-state index in [1.165, 1.54) is 0 Å². The Morgan fingerprint density at radius 2 is 1.84 bits per heavy atom. The van der Waals surface area contributed by atoms with Gasteiger partial charge in [0.1, 0.15) is 12.1 Å². The Bertz CT molecular complexity index is 1200. The number of benzene rings is 2. The van der Waals surface area contributed by atoms with Gasteiger partial charge in [0.25, 0.3) is 5.91 Å². The van der Waals surface area contributed by atoms with Gasteiger partial charge in [-0.2, -0.15) is 4.98 Å². The number of likely N-dealkylation sites (N-methyl/N-ethyl adjacent to an activating group) is 1. The fraction of sp³-hybridized carbons (Fsp3) is 0.250. The van der Waals surface area contributed by atoms with Crippen molar-refractivity contribution in [3.05, 3.63) is 78.8 Å². The molecule has 1 aliphatic heterocycles. The van der Waals surface area contributed by atoms with Crippen LogP contribution >= 0.6 is 0 Å². The number of carbonyl (C=O) groups is 1. The average molecular weight is 412 g/mol. The van der Waals surface area contributed by atoms with Gasteiger partial charge in [-0.1, -0.05) is 30.3 Å². The number of aromatic nitrogens is 4. The minimum Gasteiger partial charge on any atom is -0.339 e. The average Bonchev–Trinajstić information content (AvgIpc) is 3.28. The van der Waals surface area contributed by atoms with E-state index in [4.69, 9.17) is 4.98 Å². The van der Waals surface area contributed by atoms with Crippen LogP contribution in [-0.2, 0) is 0 Å². The molecule has 7 heteroatoms. The molecule has 0 saturated carbocycles. The zero-order valence-electron chi connectivity index (χ0n) is 17.4. The molecule has 1 saturated heterocycles. The number of fused-ring (bicyclic) bond motifs is 1. The normalized spacial score (nSPS) is 16.4. The lowest BCUT2D eigenvalue weighted by Crippen LogP contribution is -2.49. The van der Waals surface area contributed by atoms with Crippen LogP contribution in [-0.4, -0.2) is 56.5 Å². The van der Waals surface area contributed by atoms with E-state index in [1.807, 2.05) is 77.2 Å². The van der Waals surface area contributed by atoms with E-state index < -0.39 is 0 Å². The first kappa shape index (κ1) is 19.2. The highest BCUT2D eigenvalue weighted by Crippen LogP contribution is 2.22. The second-order valence-electron chi connectivity index (χ2n) is 7.84. The minimum absolute atomic E-state index is 0.0817. The fourth-order valence-electron chi connectivity index (χ4n) is 4.17. The number of likely N-dealkylation sites (tertiary alicyclic amines) is 1. The molecule has 1 atom stereocenters. The Kier molecular flexibility index (Phi) is 5.08. The third-order valence-corrected chi connectivity index (χ3v) is 5.90. The lowest BCUT2D eigenvalue weighted by atomic mass is 10.0. The van der Waals surface area contributed by atoms with Gasteiger partial charge in [-0.05, 0) is 43.2 Å². The van der Waals surface area contributed by atoms with Crippen molar-refractivity contribution >= 4 is 22.9 Å². The molecular formula is C24H24N6O. The van der Waals surface area contributed by atoms with Crippen LogP contribution in [0.15, 0.2) is 73.2 Å². The topological polar surface area (TPSA) is 67.2 Å². The molecule has 1 unspecified atom stereocenters. The molecule has 7 nitrogen and oxygen atoms in total. The van der Waals surface area contributed by atoms with Crippen LogP contribution in [0.5, 0.6) is 0 Å². The number of para-hydroxylation sites is 2. The maximum absolute atomic E-state index is 12.9. The van der Waals surface area contributed by atoms with E-state index in [2.05, 4.69) is 14.9 Å².